The summed E-state index contributed by atoms with van der Waals surface area (Å²) >= 11 is 0. The number of hydrogen-bond donors (Lipinski definition) is 1. The standard InChI is InChI=1S/C24H24F3N7O2/c25-24(26,27)36-19-3-7-29-20(10-19)30-21-11-22(32-23(31-21)17-2-1-6-28-12-17)34-13-18(14-34)16-4-8-33(15-35)9-5-16/h1-3,6-7,10-12,15-16,18H,4-5,8-9,13-14H2,(H,29,30,31,32). The molecule has 0 radical (unpaired) electrons. The molecule has 0 bridgehead atoms. The number of pyridine rings is 2. The molecule has 36 heavy (non-hydrogen) atoms. The van der Waals surface area contributed by atoms with Gasteiger partial charge < -0.3 is 19.9 Å². The fraction of sp³-hybridized carbons (Fsp3) is 0.375. The molecule has 5 heterocycles. The van der Waals surface area contributed by atoms with E-state index >= 15 is 0 Å². The topological polar surface area (TPSA) is 96.4 Å². The average Bonchev–Trinajstić information content (AvgIpc) is 2.83. The van der Waals surface area contributed by atoms with Crippen LogP contribution in [-0.4, -0.2) is 63.8 Å². The molecule has 1 N–H and O–H groups in total. The normalized spacial score (nSPS) is 17.0. The third-order valence-electron chi connectivity index (χ3n) is 6.48. The Hall–Kier alpha value is -3.96. The summed E-state index contributed by atoms with van der Waals surface area (Å²) in [5.41, 5.74) is 0.711. The smallest absolute Gasteiger partial charge is 0.406 e. The lowest BCUT2D eigenvalue weighted by Gasteiger charge is -2.46. The first-order valence-corrected chi connectivity index (χ1v) is 11.6. The van der Waals surface area contributed by atoms with Crippen LogP contribution in [-0.2, 0) is 4.79 Å². The van der Waals surface area contributed by atoms with Crippen LogP contribution in [0.25, 0.3) is 11.4 Å². The number of likely N-dealkylation sites (tertiary alicyclic amines) is 1. The number of piperidine rings is 1. The highest BCUT2D eigenvalue weighted by molar-refractivity contribution is 5.64. The summed E-state index contributed by atoms with van der Waals surface area (Å²) in [6, 6.07) is 7.66. The summed E-state index contributed by atoms with van der Waals surface area (Å²) in [6.45, 7) is 3.26. The zero-order valence-corrected chi connectivity index (χ0v) is 19.2. The van der Waals surface area contributed by atoms with Crippen LogP contribution in [0, 0.1) is 11.8 Å². The lowest BCUT2D eigenvalue weighted by atomic mass is 9.80. The number of nitrogens with zero attached hydrogens (tertiary/aromatic N) is 6. The molecule has 0 spiro atoms. The van der Waals surface area contributed by atoms with Crippen LogP contribution in [0.4, 0.5) is 30.6 Å². The third-order valence-corrected chi connectivity index (χ3v) is 6.48. The monoisotopic (exact) mass is 499 g/mol. The van der Waals surface area contributed by atoms with Gasteiger partial charge in [-0.3, -0.25) is 9.78 Å². The molecule has 0 unspecified atom stereocenters. The van der Waals surface area contributed by atoms with E-state index < -0.39 is 6.36 Å². The Balaban J connectivity index is 1.35. The van der Waals surface area contributed by atoms with Crippen LogP contribution in [0.1, 0.15) is 12.8 Å². The Labute approximate surface area is 205 Å². The zero-order valence-electron chi connectivity index (χ0n) is 19.2. The highest BCUT2D eigenvalue weighted by Crippen LogP contribution is 2.35. The minimum absolute atomic E-state index is 0.155. The minimum atomic E-state index is -4.80. The Morgan fingerprint density at radius 1 is 1.03 bits per heavy atom. The first-order valence-electron chi connectivity index (χ1n) is 11.6. The fourth-order valence-corrected chi connectivity index (χ4v) is 4.59. The zero-order chi connectivity index (χ0) is 25.1. The summed E-state index contributed by atoms with van der Waals surface area (Å²) in [5.74, 6) is 2.39. The number of aromatic nitrogens is 4. The van der Waals surface area contributed by atoms with Gasteiger partial charge in [-0.05, 0) is 42.9 Å². The molecule has 5 rings (SSSR count). The van der Waals surface area contributed by atoms with Crippen LogP contribution in [0.3, 0.4) is 0 Å². The van der Waals surface area contributed by atoms with Gasteiger partial charge in [-0.2, -0.15) is 0 Å². The van der Waals surface area contributed by atoms with E-state index in [0.29, 0.717) is 34.9 Å². The fourth-order valence-electron chi connectivity index (χ4n) is 4.59. The van der Waals surface area contributed by atoms with Crippen molar-refractivity contribution in [1.29, 1.82) is 0 Å². The number of amides is 1. The van der Waals surface area contributed by atoms with E-state index in [-0.39, 0.29) is 11.6 Å². The van der Waals surface area contributed by atoms with Gasteiger partial charge in [0, 0.05) is 62.5 Å². The molecule has 1 amide bonds. The van der Waals surface area contributed by atoms with Gasteiger partial charge in [-0.1, -0.05) is 0 Å². The molecule has 188 valence electrons. The van der Waals surface area contributed by atoms with Gasteiger partial charge in [0.25, 0.3) is 0 Å². The van der Waals surface area contributed by atoms with E-state index in [2.05, 4.69) is 29.9 Å². The number of rotatable bonds is 7. The molecule has 9 nitrogen and oxygen atoms in total. The van der Waals surface area contributed by atoms with Crippen molar-refractivity contribution in [3.8, 4) is 17.1 Å². The Morgan fingerprint density at radius 2 is 1.83 bits per heavy atom. The molecule has 3 aromatic rings. The number of halogens is 3. The van der Waals surface area contributed by atoms with Crippen molar-refractivity contribution < 1.29 is 22.7 Å². The van der Waals surface area contributed by atoms with Crippen molar-refractivity contribution in [1.82, 2.24) is 24.8 Å². The maximum absolute atomic E-state index is 12.6. The molecule has 0 aromatic carbocycles. The van der Waals surface area contributed by atoms with Gasteiger partial charge in [0.05, 0.1) is 0 Å². The highest BCUT2D eigenvalue weighted by Gasteiger charge is 2.36. The van der Waals surface area contributed by atoms with Crippen molar-refractivity contribution in [2.45, 2.75) is 19.2 Å². The number of anilines is 3. The molecule has 2 saturated heterocycles. The predicted octanol–water partition coefficient (Wildman–Crippen LogP) is 3.88. The van der Waals surface area contributed by atoms with E-state index in [4.69, 9.17) is 4.98 Å². The number of carbonyl (C=O) groups excluding carboxylic acids is 1. The van der Waals surface area contributed by atoms with Crippen LogP contribution in [0.5, 0.6) is 5.75 Å². The molecular formula is C24H24F3N7O2. The summed E-state index contributed by atoms with van der Waals surface area (Å²) in [6.07, 6.45) is 2.64. The van der Waals surface area contributed by atoms with E-state index in [1.165, 1.54) is 6.20 Å². The first kappa shape index (κ1) is 23.8. The summed E-state index contributed by atoms with van der Waals surface area (Å²) in [7, 11) is 0. The Kier molecular flexibility index (Phi) is 6.57. The molecular weight excluding hydrogens is 475 g/mol. The second-order valence-electron chi connectivity index (χ2n) is 8.87. The Morgan fingerprint density at radius 3 is 2.53 bits per heavy atom. The van der Waals surface area contributed by atoms with Crippen LogP contribution in [0.2, 0.25) is 0 Å². The van der Waals surface area contributed by atoms with Crippen molar-refractivity contribution in [3.05, 3.63) is 48.9 Å². The summed E-state index contributed by atoms with van der Waals surface area (Å²) < 4.78 is 41.8. The maximum atomic E-state index is 12.6. The van der Waals surface area contributed by atoms with E-state index in [1.807, 2.05) is 11.0 Å². The number of carbonyl (C=O) groups is 1. The second-order valence-corrected chi connectivity index (χ2v) is 8.87. The van der Waals surface area contributed by atoms with Crippen molar-refractivity contribution >= 4 is 23.9 Å². The third kappa shape index (κ3) is 5.64. The van der Waals surface area contributed by atoms with Gasteiger partial charge in [0.15, 0.2) is 5.82 Å². The van der Waals surface area contributed by atoms with Crippen molar-refractivity contribution in [3.63, 3.8) is 0 Å². The highest BCUT2D eigenvalue weighted by atomic mass is 19.4. The maximum Gasteiger partial charge on any atom is 0.573 e. The van der Waals surface area contributed by atoms with Crippen LogP contribution < -0.4 is 15.0 Å². The first-order chi connectivity index (χ1) is 17.4. The van der Waals surface area contributed by atoms with Crippen molar-refractivity contribution in [2.75, 3.05) is 36.4 Å². The minimum Gasteiger partial charge on any atom is -0.406 e. The van der Waals surface area contributed by atoms with Gasteiger partial charge in [0.1, 0.15) is 23.2 Å². The molecule has 2 aliphatic heterocycles. The van der Waals surface area contributed by atoms with Gasteiger partial charge in [-0.15, -0.1) is 13.2 Å². The molecule has 3 aromatic heterocycles. The number of ether oxygens (including phenoxy) is 1. The second kappa shape index (κ2) is 9.96. The summed E-state index contributed by atoms with van der Waals surface area (Å²) in [4.78, 5) is 32.4. The average molecular weight is 499 g/mol. The lowest BCUT2D eigenvalue weighted by Crippen LogP contribution is -2.52. The summed E-state index contributed by atoms with van der Waals surface area (Å²) in [5, 5.41) is 2.97. The molecule has 2 aliphatic rings. The quantitative estimate of drug-likeness (QED) is 0.490. The number of hydrogen-bond acceptors (Lipinski definition) is 8. The molecule has 2 fully saturated rings. The largest absolute Gasteiger partial charge is 0.573 e. The van der Waals surface area contributed by atoms with E-state index in [9.17, 15) is 18.0 Å². The lowest BCUT2D eigenvalue weighted by molar-refractivity contribution is -0.274. The van der Waals surface area contributed by atoms with E-state index in [1.54, 1.807) is 24.5 Å². The molecule has 12 heteroatoms. The Bertz CT molecular complexity index is 1200. The van der Waals surface area contributed by atoms with Crippen LogP contribution >= 0.6 is 0 Å². The molecule has 0 aliphatic carbocycles. The van der Waals surface area contributed by atoms with E-state index in [0.717, 1.165) is 57.6 Å². The number of alkyl halides is 3. The predicted molar refractivity (Wildman–Crippen MR) is 126 cm³/mol. The number of nitrogens with one attached hydrogen (secondary N) is 1. The van der Waals surface area contributed by atoms with Gasteiger partial charge in [-0.25, -0.2) is 15.0 Å². The van der Waals surface area contributed by atoms with Crippen molar-refractivity contribution in [2.24, 2.45) is 11.8 Å². The van der Waals surface area contributed by atoms with Gasteiger partial charge in [0.2, 0.25) is 6.41 Å². The molecule has 0 saturated carbocycles. The molecule has 0 atom stereocenters. The van der Waals surface area contributed by atoms with Gasteiger partial charge >= 0.3 is 6.36 Å². The van der Waals surface area contributed by atoms with Crippen LogP contribution in [0.15, 0.2) is 48.9 Å². The SMILES string of the molecule is O=CN1CCC(C2CN(c3cc(Nc4cc(OC(F)(F)F)ccn4)nc(-c4cccnc4)n3)C2)CC1.